The number of primary amides is 1. The zero-order chi connectivity index (χ0) is 16.3. The number of hydrogen-bond donors (Lipinski definition) is 2. The number of rotatable bonds is 4. The van der Waals surface area contributed by atoms with E-state index in [1.165, 1.54) is 5.56 Å². The van der Waals surface area contributed by atoms with Crippen molar-refractivity contribution in [2.75, 3.05) is 0 Å². The number of aromatic hydroxyl groups is 1. The summed E-state index contributed by atoms with van der Waals surface area (Å²) in [5.74, 6) is -0.676. The van der Waals surface area contributed by atoms with Crippen LogP contribution in [0.3, 0.4) is 0 Å². The van der Waals surface area contributed by atoms with Crippen molar-refractivity contribution >= 4 is 5.91 Å². The van der Waals surface area contributed by atoms with Crippen LogP contribution in [0.5, 0.6) is 5.75 Å². The molecule has 2 rings (SSSR count). The molecule has 0 radical (unpaired) electrons. The lowest BCUT2D eigenvalue weighted by atomic mass is 9.85. The van der Waals surface area contributed by atoms with Gasteiger partial charge in [0.25, 0.3) is 0 Å². The predicted molar refractivity (Wildman–Crippen MR) is 88.9 cm³/mol. The van der Waals surface area contributed by atoms with E-state index in [2.05, 4.69) is 32.9 Å². The Hall–Kier alpha value is -2.29. The molecule has 0 bridgehead atoms. The summed E-state index contributed by atoms with van der Waals surface area (Å²) in [5.41, 5.74) is 8.70. The molecule has 0 saturated carbocycles. The van der Waals surface area contributed by atoms with Crippen LogP contribution in [0.15, 0.2) is 48.5 Å². The standard InChI is InChI=1S/C19H23NO2/c1-19(2,3)15-9-7-13(8-10-15)11-17(18(20)22)14-5-4-6-16(21)12-14/h4-10,12,17,21H,11H2,1-3H3,(H2,20,22). The van der Waals surface area contributed by atoms with Gasteiger partial charge in [-0.15, -0.1) is 0 Å². The van der Waals surface area contributed by atoms with Gasteiger partial charge in [0.15, 0.2) is 0 Å². The number of hydrogen-bond acceptors (Lipinski definition) is 2. The van der Waals surface area contributed by atoms with Gasteiger partial charge in [-0.25, -0.2) is 0 Å². The maximum atomic E-state index is 11.8. The van der Waals surface area contributed by atoms with Crippen molar-refractivity contribution in [2.24, 2.45) is 5.73 Å². The van der Waals surface area contributed by atoms with E-state index in [0.29, 0.717) is 6.42 Å². The SMILES string of the molecule is CC(C)(C)c1ccc(CC(C(N)=O)c2cccc(O)c2)cc1. The van der Waals surface area contributed by atoms with Gasteiger partial charge < -0.3 is 10.8 Å². The highest BCUT2D eigenvalue weighted by Gasteiger charge is 2.19. The Morgan fingerprint density at radius 2 is 1.77 bits per heavy atom. The van der Waals surface area contributed by atoms with E-state index in [1.807, 2.05) is 18.2 Å². The fourth-order valence-corrected chi connectivity index (χ4v) is 2.50. The molecule has 1 unspecified atom stereocenters. The molecule has 1 amide bonds. The van der Waals surface area contributed by atoms with Crippen LogP contribution in [0.4, 0.5) is 0 Å². The summed E-state index contributed by atoms with van der Waals surface area (Å²) in [5, 5.41) is 9.58. The van der Waals surface area contributed by atoms with Crippen LogP contribution in [-0.2, 0) is 16.6 Å². The van der Waals surface area contributed by atoms with E-state index >= 15 is 0 Å². The van der Waals surface area contributed by atoms with Crippen LogP contribution >= 0.6 is 0 Å². The van der Waals surface area contributed by atoms with Crippen LogP contribution in [-0.4, -0.2) is 11.0 Å². The summed E-state index contributed by atoms with van der Waals surface area (Å²) in [6, 6.07) is 15.0. The topological polar surface area (TPSA) is 63.3 Å². The highest BCUT2D eigenvalue weighted by atomic mass is 16.3. The lowest BCUT2D eigenvalue weighted by Crippen LogP contribution is -2.23. The second-order valence-electron chi connectivity index (χ2n) is 6.70. The smallest absolute Gasteiger partial charge is 0.225 e. The van der Waals surface area contributed by atoms with E-state index in [-0.39, 0.29) is 17.1 Å². The molecule has 0 spiro atoms. The third-order valence-corrected chi connectivity index (χ3v) is 3.88. The summed E-state index contributed by atoms with van der Waals surface area (Å²) in [7, 11) is 0. The minimum Gasteiger partial charge on any atom is -0.508 e. The van der Waals surface area contributed by atoms with E-state index in [9.17, 15) is 9.90 Å². The molecule has 0 heterocycles. The molecule has 2 aromatic carbocycles. The van der Waals surface area contributed by atoms with Gasteiger partial charge >= 0.3 is 0 Å². The first-order valence-corrected chi connectivity index (χ1v) is 7.45. The Kier molecular flexibility index (Phi) is 4.55. The van der Waals surface area contributed by atoms with E-state index in [0.717, 1.165) is 11.1 Å². The van der Waals surface area contributed by atoms with E-state index in [1.54, 1.807) is 18.2 Å². The van der Waals surface area contributed by atoms with Gasteiger partial charge in [-0.1, -0.05) is 57.2 Å². The van der Waals surface area contributed by atoms with Gasteiger partial charge in [0.2, 0.25) is 5.91 Å². The largest absolute Gasteiger partial charge is 0.508 e. The quantitative estimate of drug-likeness (QED) is 0.907. The average molecular weight is 297 g/mol. The average Bonchev–Trinajstić information content (AvgIpc) is 2.44. The molecule has 1 atom stereocenters. The minimum absolute atomic E-state index is 0.104. The van der Waals surface area contributed by atoms with Crippen molar-refractivity contribution in [2.45, 2.75) is 38.5 Å². The number of amides is 1. The van der Waals surface area contributed by atoms with Crippen molar-refractivity contribution in [3.8, 4) is 5.75 Å². The second kappa shape index (κ2) is 6.22. The van der Waals surface area contributed by atoms with Gasteiger partial charge in [0.1, 0.15) is 5.75 Å². The first-order chi connectivity index (χ1) is 10.3. The molecule has 0 aromatic heterocycles. The molecule has 0 aliphatic rings. The molecule has 22 heavy (non-hydrogen) atoms. The number of benzene rings is 2. The normalized spacial score (nSPS) is 12.9. The van der Waals surface area contributed by atoms with Crippen LogP contribution < -0.4 is 5.73 Å². The zero-order valence-electron chi connectivity index (χ0n) is 13.3. The van der Waals surface area contributed by atoms with Gasteiger partial charge in [0, 0.05) is 0 Å². The molecule has 2 aromatic rings. The van der Waals surface area contributed by atoms with Crippen LogP contribution in [0.25, 0.3) is 0 Å². The summed E-state index contributed by atoms with van der Waals surface area (Å²) in [4.78, 5) is 11.8. The molecule has 0 aliphatic heterocycles. The lowest BCUT2D eigenvalue weighted by Gasteiger charge is -2.20. The van der Waals surface area contributed by atoms with E-state index < -0.39 is 5.92 Å². The molecule has 0 fully saturated rings. The first kappa shape index (κ1) is 16.1. The molecule has 0 aliphatic carbocycles. The minimum atomic E-state index is -0.437. The number of carbonyl (C=O) groups excluding carboxylic acids is 1. The fourth-order valence-electron chi connectivity index (χ4n) is 2.50. The maximum absolute atomic E-state index is 11.8. The third kappa shape index (κ3) is 3.88. The molecule has 3 nitrogen and oxygen atoms in total. The van der Waals surface area contributed by atoms with Crippen molar-refractivity contribution < 1.29 is 9.90 Å². The summed E-state index contributed by atoms with van der Waals surface area (Å²) in [6.45, 7) is 6.50. The number of phenolic OH excluding ortho intramolecular Hbond substituents is 1. The summed E-state index contributed by atoms with van der Waals surface area (Å²) in [6.07, 6.45) is 0.531. The van der Waals surface area contributed by atoms with Gasteiger partial charge in [-0.05, 0) is 40.7 Å². The van der Waals surface area contributed by atoms with E-state index in [4.69, 9.17) is 5.73 Å². The van der Waals surface area contributed by atoms with Crippen molar-refractivity contribution in [1.82, 2.24) is 0 Å². The number of phenols is 1. The monoisotopic (exact) mass is 297 g/mol. The zero-order valence-corrected chi connectivity index (χ0v) is 13.3. The predicted octanol–water partition coefficient (Wildman–Crippen LogP) is 3.50. The molecule has 116 valence electrons. The summed E-state index contributed by atoms with van der Waals surface area (Å²) >= 11 is 0. The fraction of sp³-hybridized carbons (Fsp3) is 0.316. The lowest BCUT2D eigenvalue weighted by molar-refractivity contribution is -0.119. The van der Waals surface area contributed by atoms with Crippen LogP contribution in [0.1, 0.15) is 43.4 Å². The second-order valence-corrected chi connectivity index (χ2v) is 6.70. The van der Waals surface area contributed by atoms with Crippen molar-refractivity contribution in [3.05, 3.63) is 65.2 Å². The van der Waals surface area contributed by atoms with Gasteiger partial charge in [0.05, 0.1) is 5.92 Å². The Labute approximate surface area is 131 Å². The Morgan fingerprint density at radius 3 is 2.27 bits per heavy atom. The highest BCUT2D eigenvalue weighted by Crippen LogP contribution is 2.26. The highest BCUT2D eigenvalue weighted by molar-refractivity contribution is 5.82. The van der Waals surface area contributed by atoms with Crippen LogP contribution in [0, 0.1) is 0 Å². The third-order valence-electron chi connectivity index (χ3n) is 3.88. The van der Waals surface area contributed by atoms with Gasteiger partial charge in [-0.3, -0.25) is 4.79 Å². The molecule has 3 heteroatoms. The van der Waals surface area contributed by atoms with Crippen molar-refractivity contribution in [1.29, 1.82) is 0 Å². The molecule has 3 N–H and O–H groups in total. The Bertz CT molecular complexity index is 654. The molecular formula is C19H23NO2. The first-order valence-electron chi connectivity index (χ1n) is 7.45. The van der Waals surface area contributed by atoms with Crippen LogP contribution in [0.2, 0.25) is 0 Å². The Balaban J connectivity index is 2.24. The van der Waals surface area contributed by atoms with Crippen molar-refractivity contribution in [3.63, 3.8) is 0 Å². The Morgan fingerprint density at radius 1 is 1.14 bits per heavy atom. The molecule has 0 saturated heterocycles. The van der Waals surface area contributed by atoms with Gasteiger partial charge in [-0.2, -0.15) is 0 Å². The number of nitrogens with two attached hydrogens (primary N) is 1. The summed E-state index contributed by atoms with van der Waals surface area (Å²) < 4.78 is 0. The molecular weight excluding hydrogens is 274 g/mol. The maximum Gasteiger partial charge on any atom is 0.225 e. The number of carbonyl (C=O) groups is 1.